The van der Waals surface area contributed by atoms with Crippen LogP contribution in [0.25, 0.3) is 0 Å². The maximum atomic E-state index is 13.4. The van der Waals surface area contributed by atoms with Gasteiger partial charge in [-0.1, -0.05) is 55.5 Å². The van der Waals surface area contributed by atoms with Crippen LogP contribution in [0.2, 0.25) is 0 Å². The van der Waals surface area contributed by atoms with Crippen molar-refractivity contribution in [3.05, 3.63) is 100 Å². The lowest BCUT2D eigenvalue weighted by atomic mass is 9.95. The van der Waals surface area contributed by atoms with Crippen LogP contribution in [0.3, 0.4) is 0 Å². The maximum Gasteiger partial charge on any atom is 0.254 e. The van der Waals surface area contributed by atoms with Gasteiger partial charge in [0.25, 0.3) is 5.91 Å². The highest BCUT2D eigenvalue weighted by atomic mass is 16.2. The number of amides is 2. The zero-order chi connectivity index (χ0) is 25.7. The predicted molar refractivity (Wildman–Crippen MR) is 143 cm³/mol. The summed E-state index contributed by atoms with van der Waals surface area (Å²) in [7, 11) is 0. The minimum absolute atomic E-state index is 0.0555. The van der Waals surface area contributed by atoms with Gasteiger partial charge in [-0.3, -0.25) is 19.3 Å². The molecule has 1 saturated heterocycles. The van der Waals surface area contributed by atoms with E-state index < -0.39 is 0 Å². The standard InChI is InChI=1S/C30H33N3O3/c1-4-23-9-5-8-12-27(23)31-28(34)20-32-15-17-33(18-16-32)30(36)26-11-7-6-10-25(26)29(35)24-14-13-21(2)22(3)19-24/h5-14,19H,4,15-18,20H2,1-3H3,(H,31,34). The van der Waals surface area contributed by atoms with E-state index in [2.05, 4.69) is 17.1 Å². The molecule has 3 aromatic rings. The summed E-state index contributed by atoms with van der Waals surface area (Å²) in [5, 5.41) is 3.01. The van der Waals surface area contributed by atoms with Gasteiger partial charge in [0, 0.05) is 43.0 Å². The quantitative estimate of drug-likeness (QED) is 0.503. The summed E-state index contributed by atoms with van der Waals surface area (Å²) in [6.07, 6.45) is 0.852. The van der Waals surface area contributed by atoms with Crippen molar-refractivity contribution >= 4 is 23.3 Å². The first-order valence-electron chi connectivity index (χ1n) is 12.5. The van der Waals surface area contributed by atoms with Gasteiger partial charge in [0.15, 0.2) is 5.78 Å². The van der Waals surface area contributed by atoms with Crippen molar-refractivity contribution in [1.29, 1.82) is 0 Å². The van der Waals surface area contributed by atoms with Gasteiger partial charge >= 0.3 is 0 Å². The lowest BCUT2D eigenvalue weighted by Gasteiger charge is -2.34. The second-order valence-corrected chi connectivity index (χ2v) is 9.30. The van der Waals surface area contributed by atoms with Crippen LogP contribution in [-0.2, 0) is 11.2 Å². The molecule has 2 amide bonds. The van der Waals surface area contributed by atoms with Crippen LogP contribution in [0, 0.1) is 13.8 Å². The first-order chi connectivity index (χ1) is 17.4. The number of piperazine rings is 1. The van der Waals surface area contributed by atoms with E-state index in [9.17, 15) is 14.4 Å². The summed E-state index contributed by atoms with van der Waals surface area (Å²) in [6, 6.07) is 20.5. The van der Waals surface area contributed by atoms with E-state index in [4.69, 9.17) is 0 Å². The van der Waals surface area contributed by atoms with E-state index in [1.165, 1.54) is 0 Å². The average molecular weight is 484 g/mol. The number of anilines is 1. The summed E-state index contributed by atoms with van der Waals surface area (Å²) in [5.41, 5.74) is 5.54. The molecule has 6 heteroatoms. The lowest BCUT2D eigenvalue weighted by molar-refractivity contribution is -0.117. The number of nitrogens with zero attached hydrogens (tertiary/aromatic N) is 2. The Bertz CT molecular complexity index is 1280. The highest BCUT2D eigenvalue weighted by molar-refractivity contribution is 6.15. The van der Waals surface area contributed by atoms with Crippen molar-refractivity contribution in [3.8, 4) is 0 Å². The van der Waals surface area contributed by atoms with Gasteiger partial charge in [-0.15, -0.1) is 0 Å². The Hall–Kier alpha value is -3.77. The van der Waals surface area contributed by atoms with Crippen LogP contribution >= 0.6 is 0 Å². The minimum atomic E-state index is -0.149. The smallest absolute Gasteiger partial charge is 0.254 e. The Balaban J connectivity index is 1.38. The number of aryl methyl sites for hydroxylation is 3. The summed E-state index contributed by atoms with van der Waals surface area (Å²) in [6.45, 7) is 8.54. The number of carbonyl (C=O) groups is 3. The molecule has 1 N–H and O–H groups in total. The molecule has 1 fully saturated rings. The molecule has 4 rings (SSSR count). The van der Waals surface area contributed by atoms with Crippen LogP contribution in [0.1, 0.15) is 49.9 Å². The first kappa shape index (κ1) is 25.3. The van der Waals surface area contributed by atoms with Crippen molar-refractivity contribution < 1.29 is 14.4 Å². The van der Waals surface area contributed by atoms with Crippen molar-refractivity contribution in [2.45, 2.75) is 27.2 Å². The molecule has 0 radical (unpaired) electrons. The number of benzene rings is 3. The van der Waals surface area contributed by atoms with Gasteiger partial charge in [0.05, 0.1) is 12.1 Å². The van der Waals surface area contributed by atoms with Gasteiger partial charge in [-0.25, -0.2) is 0 Å². The van der Waals surface area contributed by atoms with Gasteiger partial charge in [-0.2, -0.15) is 0 Å². The fourth-order valence-electron chi connectivity index (χ4n) is 4.53. The third kappa shape index (κ3) is 5.71. The molecule has 0 atom stereocenters. The Morgan fingerprint density at radius 3 is 2.17 bits per heavy atom. The first-order valence-corrected chi connectivity index (χ1v) is 12.5. The predicted octanol–water partition coefficient (Wildman–Crippen LogP) is 4.49. The third-order valence-electron chi connectivity index (χ3n) is 6.87. The van der Waals surface area contributed by atoms with Crippen molar-refractivity contribution in [2.24, 2.45) is 0 Å². The SMILES string of the molecule is CCc1ccccc1NC(=O)CN1CCN(C(=O)c2ccccc2C(=O)c2ccc(C)c(C)c2)CC1. The highest BCUT2D eigenvalue weighted by Gasteiger charge is 2.26. The second-order valence-electron chi connectivity index (χ2n) is 9.30. The Labute approximate surface area is 212 Å². The zero-order valence-corrected chi connectivity index (χ0v) is 21.2. The molecule has 3 aromatic carbocycles. The van der Waals surface area contributed by atoms with Crippen LogP contribution < -0.4 is 5.32 Å². The fourth-order valence-corrected chi connectivity index (χ4v) is 4.53. The summed E-state index contributed by atoms with van der Waals surface area (Å²) in [4.78, 5) is 43.1. The van der Waals surface area contributed by atoms with Crippen LogP contribution in [0.5, 0.6) is 0 Å². The number of hydrogen-bond acceptors (Lipinski definition) is 4. The number of nitrogens with one attached hydrogen (secondary N) is 1. The molecule has 36 heavy (non-hydrogen) atoms. The van der Waals surface area contributed by atoms with Crippen LogP contribution in [0.4, 0.5) is 5.69 Å². The molecule has 1 aliphatic heterocycles. The van der Waals surface area contributed by atoms with E-state index in [-0.39, 0.29) is 24.1 Å². The number of rotatable bonds is 7. The van der Waals surface area contributed by atoms with Crippen LogP contribution in [0.15, 0.2) is 66.7 Å². The van der Waals surface area contributed by atoms with Crippen molar-refractivity contribution in [1.82, 2.24) is 9.80 Å². The van der Waals surface area contributed by atoms with E-state index in [1.54, 1.807) is 29.2 Å². The van der Waals surface area contributed by atoms with Crippen LogP contribution in [-0.4, -0.2) is 60.1 Å². The minimum Gasteiger partial charge on any atom is -0.336 e. The van der Waals surface area contributed by atoms with Crippen molar-refractivity contribution in [3.63, 3.8) is 0 Å². The maximum absolute atomic E-state index is 13.4. The van der Waals surface area contributed by atoms with E-state index >= 15 is 0 Å². The summed E-state index contributed by atoms with van der Waals surface area (Å²) < 4.78 is 0. The molecule has 0 saturated carbocycles. The summed E-state index contributed by atoms with van der Waals surface area (Å²) >= 11 is 0. The van der Waals surface area contributed by atoms with Gasteiger partial charge in [-0.05, 0) is 55.2 Å². The molecule has 0 aliphatic carbocycles. The van der Waals surface area contributed by atoms with E-state index in [0.717, 1.165) is 28.8 Å². The normalized spacial score (nSPS) is 13.9. The zero-order valence-electron chi connectivity index (χ0n) is 21.2. The highest BCUT2D eigenvalue weighted by Crippen LogP contribution is 2.20. The lowest BCUT2D eigenvalue weighted by Crippen LogP contribution is -2.50. The molecule has 186 valence electrons. The molecule has 0 bridgehead atoms. The number of para-hydroxylation sites is 1. The Morgan fingerprint density at radius 1 is 0.806 bits per heavy atom. The topological polar surface area (TPSA) is 69.7 Å². The number of carbonyl (C=O) groups excluding carboxylic acids is 3. The monoisotopic (exact) mass is 483 g/mol. The fraction of sp³-hybridized carbons (Fsp3) is 0.300. The van der Waals surface area contributed by atoms with Crippen molar-refractivity contribution in [2.75, 3.05) is 38.0 Å². The van der Waals surface area contributed by atoms with Gasteiger partial charge in [0.1, 0.15) is 0 Å². The largest absolute Gasteiger partial charge is 0.336 e. The molecule has 1 aliphatic rings. The number of hydrogen-bond donors (Lipinski definition) is 1. The second kappa shape index (κ2) is 11.3. The molecule has 0 spiro atoms. The summed E-state index contributed by atoms with van der Waals surface area (Å²) in [5.74, 6) is -0.353. The molecule has 0 aromatic heterocycles. The van der Waals surface area contributed by atoms with Gasteiger partial charge < -0.3 is 10.2 Å². The average Bonchev–Trinajstić information content (AvgIpc) is 2.90. The molecule has 6 nitrogen and oxygen atoms in total. The molecule has 0 unspecified atom stereocenters. The molecular formula is C30H33N3O3. The van der Waals surface area contributed by atoms with Gasteiger partial charge in [0.2, 0.25) is 5.91 Å². The number of ketones is 1. The molecular weight excluding hydrogens is 450 g/mol. The Kier molecular flexibility index (Phi) is 7.96. The molecule has 1 heterocycles. The Morgan fingerprint density at radius 2 is 1.47 bits per heavy atom. The van der Waals surface area contributed by atoms with E-state index in [0.29, 0.717) is 42.9 Å². The van der Waals surface area contributed by atoms with E-state index in [1.807, 2.05) is 56.3 Å². The third-order valence-corrected chi connectivity index (χ3v) is 6.87.